The number of pyridine rings is 1. The van der Waals surface area contributed by atoms with Gasteiger partial charge >= 0.3 is 0 Å². The highest BCUT2D eigenvalue weighted by atomic mass is 32.1. The van der Waals surface area contributed by atoms with Gasteiger partial charge in [-0.1, -0.05) is 11.3 Å². The number of aryl methyl sites for hydroxylation is 2. The molecule has 2 N–H and O–H groups in total. The Morgan fingerprint density at radius 2 is 2.12 bits per heavy atom. The van der Waals surface area contributed by atoms with E-state index in [1.807, 2.05) is 0 Å². The third kappa shape index (κ3) is 2.56. The zero-order valence-corrected chi connectivity index (χ0v) is 10.1. The molecule has 0 aliphatic rings. The first-order chi connectivity index (χ1) is 8.06. The molecule has 0 aliphatic carbocycles. The van der Waals surface area contributed by atoms with E-state index >= 15 is 0 Å². The van der Waals surface area contributed by atoms with Crippen LogP contribution in [0.15, 0.2) is 16.9 Å². The zero-order chi connectivity index (χ0) is 12.4. The van der Waals surface area contributed by atoms with Crippen molar-refractivity contribution in [3.63, 3.8) is 0 Å². The molecular weight excluding hydrogens is 240 g/mol. The van der Waals surface area contributed by atoms with Crippen LogP contribution in [0.2, 0.25) is 0 Å². The summed E-state index contributed by atoms with van der Waals surface area (Å²) in [7, 11) is 0. The monoisotopic (exact) mass is 250 g/mol. The van der Waals surface area contributed by atoms with Crippen LogP contribution in [0.5, 0.6) is 0 Å². The van der Waals surface area contributed by atoms with Gasteiger partial charge in [-0.05, 0) is 26.0 Å². The van der Waals surface area contributed by atoms with Crippen molar-refractivity contribution in [2.24, 2.45) is 0 Å². The molecule has 0 fully saturated rings. The molecular formula is C10H10N4O2S. The molecule has 0 spiro atoms. The number of anilines is 1. The van der Waals surface area contributed by atoms with Crippen LogP contribution in [0.1, 0.15) is 21.1 Å². The number of carbonyl (C=O) groups excluding carboxylic acids is 1. The van der Waals surface area contributed by atoms with Gasteiger partial charge in [-0.2, -0.15) is 0 Å². The highest BCUT2D eigenvalue weighted by Gasteiger charge is 2.12. The number of nitrogens with zero attached hydrogens (tertiary/aromatic N) is 2. The van der Waals surface area contributed by atoms with Crippen LogP contribution in [0.25, 0.3) is 0 Å². The maximum atomic E-state index is 11.8. The lowest BCUT2D eigenvalue weighted by atomic mass is 10.2. The number of rotatable bonds is 2. The Bertz CT molecular complexity index is 617. The SMILES string of the molecule is Cc1ccc(C(=O)Nc2nnc(C)s2)c(=O)[nH]1. The third-order valence-corrected chi connectivity index (χ3v) is 2.80. The fourth-order valence-electron chi connectivity index (χ4n) is 1.26. The second kappa shape index (κ2) is 4.46. The topological polar surface area (TPSA) is 87.7 Å². The second-order valence-corrected chi connectivity index (χ2v) is 4.65. The molecule has 0 atom stereocenters. The summed E-state index contributed by atoms with van der Waals surface area (Å²) in [5.74, 6) is -0.484. The van der Waals surface area contributed by atoms with E-state index in [1.165, 1.54) is 17.4 Å². The summed E-state index contributed by atoms with van der Waals surface area (Å²) in [6, 6.07) is 3.15. The molecule has 88 valence electrons. The highest BCUT2D eigenvalue weighted by molar-refractivity contribution is 7.15. The van der Waals surface area contributed by atoms with Gasteiger partial charge in [0.2, 0.25) is 5.13 Å². The van der Waals surface area contributed by atoms with E-state index in [-0.39, 0.29) is 5.56 Å². The van der Waals surface area contributed by atoms with E-state index in [0.29, 0.717) is 10.8 Å². The summed E-state index contributed by atoms with van der Waals surface area (Å²) in [6.45, 7) is 3.53. The predicted molar refractivity (Wildman–Crippen MR) is 64.4 cm³/mol. The molecule has 2 heterocycles. The number of aromatic nitrogens is 3. The van der Waals surface area contributed by atoms with Gasteiger partial charge in [0.1, 0.15) is 10.6 Å². The normalized spacial score (nSPS) is 10.2. The molecule has 0 saturated heterocycles. The van der Waals surface area contributed by atoms with Gasteiger partial charge in [0, 0.05) is 5.69 Å². The van der Waals surface area contributed by atoms with Crippen LogP contribution in [-0.4, -0.2) is 21.1 Å². The summed E-state index contributed by atoms with van der Waals surface area (Å²) >= 11 is 1.25. The zero-order valence-electron chi connectivity index (χ0n) is 9.27. The quantitative estimate of drug-likeness (QED) is 0.835. The number of amides is 1. The molecule has 1 amide bonds. The van der Waals surface area contributed by atoms with E-state index < -0.39 is 11.5 Å². The van der Waals surface area contributed by atoms with Crippen LogP contribution >= 0.6 is 11.3 Å². The van der Waals surface area contributed by atoms with Crippen LogP contribution in [0.3, 0.4) is 0 Å². The highest BCUT2D eigenvalue weighted by Crippen LogP contribution is 2.14. The average molecular weight is 250 g/mol. The molecule has 17 heavy (non-hydrogen) atoms. The minimum atomic E-state index is -0.484. The average Bonchev–Trinajstić information content (AvgIpc) is 2.63. The lowest BCUT2D eigenvalue weighted by Crippen LogP contribution is -2.23. The molecule has 0 radical (unpaired) electrons. The lowest BCUT2D eigenvalue weighted by molar-refractivity contribution is 0.102. The second-order valence-electron chi connectivity index (χ2n) is 3.46. The minimum absolute atomic E-state index is 0.0588. The Kier molecular flexibility index (Phi) is 3.01. The maximum absolute atomic E-state index is 11.8. The molecule has 2 rings (SSSR count). The number of carbonyl (C=O) groups is 1. The Morgan fingerprint density at radius 3 is 2.71 bits per heavy atom. The number of hydrogen-bond acceptors (Lipinski definition) is 5. The van der Waals surface area contributed by atoms with Crippen molar-refractivity contribution in [3.05, 3.63) is 38.8 Å². The van der Waals surface area contributed by atoms with Gasteiger partial charge in [-0.3, -0.25) is 14.9 Å². The first-order valence-electron chi connectivity index (χ1n) is 4.87. The molecule has 0 saturated carbocycles. The van der Waals surface area contributed by atoms with Crippen molar-refractivity contribution >= 4 is 22.4 Å². The fourth-order valence-corrected chi connectivity index (χ4v) is 1.85. The summed E-state index contributed by atoms with van der Waals surface area (Å²) < 4.78 is 0. The Labute approximate surface area is 101 Å². The number of hydrogen-bond donors (Lipinski definition) is 2. The minimum Gasteiger partial charge on any atom is -0.326 e. The van der Waals surface area contributed by atoms with Gasteiger partial charge in [-0.25, -0.2) is 0 Å². The summed E-state index contributed by atoms with van der Waals surface area (Å²) in [5, 5.41) is 11.2. The van der Waals surface area contributed by atoms with Crippen LogP contribution < -0.4 is 10.9 Å². The maximum Gasteiger partial charge on any atom is 0.263 e. The first kappa shape index (κ1) is 11.5. The number of nitrogens with one attached hydrogen (secondary N) is 2. The molecule has 0 aliphatic heterocycles. The Balaban J connectivity index is 2.23. The fraction of sp³-hybridized carbons (Fsp3) is 0.200. The van der Waals surface area contributed by atoms with Crippen molar-refractivity contribution < 1.29 is 4.79 Å². The van der Waals surface area contributed by atoms with Crippen molar-refractivity contribution in [2.45, 2.75) is 13.8 Å². The van der Waals surface area contributed by atoms with Crippen LogP contribution in [0, 0.1) is 13.8 Å². The van der Waals surface area contributed by atoms with E-state index in [2.05, 4.69) is 20.5 Å². The Morgan fingerprint density at radius 1 is 1.35 bits per heavy atom. The van der Waals surface area contributed by atoms with Gasteiger partial charge in [-0.15, -0.1) is 10.2 Å². The van der Waals surface area contributed by atoms with E-state index in [9.17, 15) is 9.59 Å². The summed E-state index contributed by atoms with van der Waals surface area (Å²) in [4.78, 5) is 25.9. The van der Waals surface area contributed by atoms with Crippen LogP contribution in [-0.2, 0) is 0 Å². The summed E-state index contributed by atoms with van der Waals surface area (Å²) in [5.41, 5.74) is 0.352. The largest absolute Gasteiger partial charge is 0.326 e. The smallest absolute Gasteiger partial charge is 0.263 e. The Hall–Kier alpha value is -2.02. The first-order valence-corrected chi connectivity index (χ1v) is 5.69. The van der Waals surface area contributed by atoms with Crippen molar-refractivity contribution in [1.29, 1.82) is 0 Å². The van der Waals surface area contributed by atoms with Crippen molar-refractivity contribution in [3.8, 4) is 0 Å². The van der Waals surface area contributed by atoms with Gasteiger partial charge in [0.15, 0.2) is 0 Å². The predicted octanol–water partition coefficient (Wildman–Crippen LogP) is 1.10. The van der Waals surface area contributed by atoms with Crippen LogP contribution in [0.4, 0.5) is 5.13 Å². The molecule has 7 heteroatoms. The van der Waals surface area contributed by atoms with Crippen molar-refractivity contribution in [2.75, 3.05) is 5.32 Å². The standard InChI is InChI=1S/C10H10N4O2S/c1-5-3-4-7(8(15)11-5)9(16)12-10-14-13-6(2)17-10/h3-4H,1-2H3,(H,11,15)(H,12,14,16). The molecule has 0 bridgehead atoms. The molecule has 6 nitrogen and oxygen atoms in total. The van der Waals surface area contributed by atoms with E-state index in [0.717, 1.165) is 5.01 Å². The summed E-state index contributed by atoms with van der Waals surface area (Å²) in [6.07, 6.45) is 0. The van der Waals surface area contributed by atoms with Gasteiger partial charge in [0.05, 0.1) is 0 Å². The van der Waals surface area contributed by atoms with E-state index in [4.69, 9.17) is 0 Å². The molecule has 0 aromatic carbocycles. The molecule has 0 unspecified atom stereocenters. The number of aromatic amines is 1. The lowest BCUT2D eigenvalue weighted by Gasteiger charge is -2.00. The number of H-pyrrole nitrogens is 1. The molecule has 2 aromatic rings. The third-order valence-electron chi connectivity index (χ3n) is 2.05. The molecule has 2 aromatic heterocycles. The van der Waals surface area contributed by atoms with Crippen molar-refractivity contribution in [1.82, 2.24) is 15.2 Å². The van der Waals surface area contributed by atoms with Gasteiger partial charge in [0.25, 0.3) is 11.5 Å². The van der Waals surface area contributed by atoms with E-state index in [1.54, 1.807) is 19.9 Å². The van der Waals surface area contributed by atoms with Gasteiger partial charge < -0.3 is 4.98 Å².